The van der Waals surface area contributed by atoms with Gasteiger partial charge in [-0.1, -0.05) is 30.0 Å². The molecule has 5 rings (SSSR count). The maximum atomic E-state index is 13.4. The monoisotopic (exact) mass is 646 g/mol. The van der Waals surface area contributed by atoms with Crippen molar-refractivity contribution in [1.29, 1.82) is 0 Å². The van der Waals surface area contributed by atoms with Gasteiger partial charge in [-0.25, -0.2) is 9.48 Å². The minimum absolute atomic E-state index is 0.109. The Hall–Kier alpha value is -4.49. The number of carboxylic acid groups (broad SMARTS) is 1. The lowest BCUT2D eigenvalue weighted by Gasteiger charge is -2.49. The molecular formula is C24H22N8O8S3. The number of nitrogens with one attached hydrogen (secondary N) is 2. The molecule has 0 bridgehead atoms. The van der Waals surface area contributed by atoms with Crippen LogP contribution in [0, 0.1) is 10.1 Å². The minimum Gasteiger partial charge on any atom is -0.477 e. The van der Waals surface area contributed by atoms with Crippen molar-refractivity contribution < 1.29 is 33.9 Å². The number of aromatic nitrogens is 4. The molecule has 2 unspecified atom stereocenters. The Balaban J connectivity index is 1.25. The highest BCUT2D eigenvalue weighted by molar-refractivity contribution is 8.01. The number of aliphatic carboxylic acids is 1. The third-order valence-corrected chi connectivity index (χ3v) is 9.69. The lowest BCUT2D eigenvalue weighted by molar-refractivity contribution is -0.385. The predicted octanol–water partition coefficient (Wildman–Crippen LogP) is 0.947. The average Bonchev–Trinajstić information content (AvgIpc) is 3.67. The summed E-state index contributed by atoms with van der Waals surface area (Å²) in [5.74, 6) is -2.83. The Morgan fingerprint density at radius 3 is 2.74 bits per heavy atom. The van der Waals surface area contributed by atoms with E-state index in [9.17, 15) is 34.4 Å². The molecule has 19 heteroatoms. The first-order valence-electron chi connectivity index (χ1n) is 12.4. The number of carboxylic acids is 1. The van der Waals surface area contributed by atoms with Crippen molar-refractivity contribution in [3.05, 3.63) is 68.0 Å². The van der Waals surface area contributed by atoms with Crippen LogP contribution in [0.15, 0.2) is 58.2 Å². The van der Waals surface area contributed by atoms with Crippen LogP contribution in [0.25, 0.3) is 0 Å². The Morgan fingerprint density at radius 2 is 2.07 bits per heavy atom. The Kier molecular flexibility index (Phi) is 8.92. The number of amides is 3. The number of rotatable bonds is 12. The molecule has 2 aliphatic rings. The Bertz CT molecular complexity index is 1610. The number of nitro groups is 1. The van der Waals surface area contributed by atoms with Gasteiger partial charge >= 0.3 is 11.7 Å². The molecular weight excluding hydrogens is 625 g/mol. The summed E-state index contributed by atoms with van der Waals surface area (Å²) in [5, 5.41) is 39.1. The van der Waals surface area contributed by atoms with E-state index in [2.05, 4.69) is 26.2 Å². The minimum atomic E-state index is -1.27. The summed E-state index contributed by atoms with van der Waals surface area (Å²) in [5.41, 5.74) is 0.0578. The van der Waals surface area contributed by atoms with E-state index in [4.69, 9.17) is 4.74 Å². The number of β-lactam (4-membered cyclic amide) rings is 1. The molecule has 1 fully saturated rings. The summed E-state index contributed by atoms with van der Waals surface area (Å²) in [6.07, 6.45) is 0. The molecule has 0 spiro atoms. The van der Waals surface area contributed by atoms with Gasteiger partial charge in [0.2, 0.25) is 11.1 Å². The first kappa shape index (κ1) is 30.0. The predicted molar refractivity (Wildman–Crippen MR) is 153 cm³/mol. The van der Waals surface area contributed by atoms with Gasteiger partial charge in [-0.15, -0.1) is 28.2 Å². The van der Waals surface area contributed by atoms with Crippen molar-refractivity contribution in [3.8, 4) is 5.75 Å². The van der Waals surface area contributed by atoms with Crippen molar-refractivity contribution >= 4 is 64.2 Å². The highest BCUT2D eigenvalue weighted by atomic mass is 32.2. The Labute approximate surface area is 255 Å². The summed E-state index contributed by atoms with van der Waals surface area (Å²) in [6, 6.07) is 6.66. The summed E-state index contributed by atoms with van der Waals surface area (Å²) in [7, 11) is 1.65. The van der Waals surface area contributed by atoms with Crippen LogP contribution >= 0.6 is 34.9 Å². The zero-order valence-electron chi connectivity index (χ0n) is 22.1. The van der Waals surface area contributed by atoms with Gasteiger partial charge in [0.15, 0.2) is 12.4 Å². The number of nitro benzene ring substituents is 1. The van der Waals surface area contributed by atoms with Crippen LogP contribution in [0.2, 0.25) is 0 Å². The lowest BCUT2D eigenvalue weighted by Crippen LogP contribution is -2.71. The number of carbonyl (C=O) groups is 4. The van der Waals surface area contributed by atoms with Crippen LogP contribution in [-0.2, 0) is 26.2 Å². The average molecular weight is 647 g/mol. The van der Waals surface area contributed by atoms with Crippen LogP contribution in [-0.4, -0.2) is 88.4 Å². The first-order chi connectivity index (χ1) is 20.7. The fourth-order valence-corrected chi connectivity index (χ4v) is 7.43. The largest absolute Gasteiger partial charge is 0.477 e. The molecule has 1 aromatic carbocycles. The van der Waals surface area contributed by atoms with Gasteiger partial charge in [0.25, 0.3) is 11.8 Å². The van der Waals surface area contributed by atoms with Gasteiger partial charge in [-0.2, -0.15) is 0 Å². The number of hydrogen-bond donors (Lipinski definition) is 3. The smallest absolute Gasteiger partial charge is 0.352 e. The summed E-state index contributed by atoms with van der Waals surface area (Å²) in [4.78, 5) is 63.7. The number of thioether (sulfide) groups is 2. The maximum absolute atomic E-state index is 13.4. The number of tetrazole rings is 1. The van der Waals surface area contributed by atoms with Crippen LogP contribution in [0.1, 0.15) is 10.9 Å². The molecule has 2 aromatic heterocycles. The molecule has 0 saturated carbocycles. The molecule has 3 N–H and O–H groups in total. The van der Waals surface area contributed by atoms with Crippen molar-refractivity contribution in [2.45, 2.75) is 22.6 Å². The molecule has 3 amide bonds. The van der Waals surface area contributed by atoms with Gasteiger partial charge < -0.3 is 20.5 Å². The maximum Gasteiger partial charge on any atom is 0.352 e. The lowest BCUT2D eigenvalue weighted by atomic mass is 10.0. The van der Waals surface area contributed by atoms with Gasteiger partial charge in [0, 0.05) is 29.5 Å². The number of thiophene rings is 1. The van der Waals surface area contributed by atoms with Crippen LogP contribution < -0.4 is 15.4 Å². The molecule has 224 valence electrons. The van der Waals surface area contributed by atoms with Crippen molar-refractivity contribution in [1.82, 2.24) is 35.7 Å². The van der Waals surface area contributed by atoms with Crippen LogP contribution in [0.3, 0.4) is 0 Å². The second-order valence-electron chi connectivity index (χ2n) is 9.06. The van der Waals surface area contributed by atoms with Gasteiger partial charge in [-0.05, 0) is 33.5 Å². The Morgan fingerprint density at radius 1 is 1.28 bits per heavy atom. The second kappa shape index (κ2) is 12.8. The molecule has 2 aliphatic heterocycles. The van der Waals surface area contributed by atoms with Gasteiger partial charge in [-0.3, -0.25) is 29.4 Å². The molecule has 1 saturated heterocycles. The second-order valence-corrected chi connectivity index (χ2v) is 12.1. The van der Waals surface area contributed by atoms with E-state index in [1.807, 2.05) is 0 Å². The van der Waals surface area contributed by atoms with E-state index in [1.54, 1.807) is 24.6 Å². The van der Waals surface area contributed by atoms with Crippen molar-refractivity contribution in [2.75, 3.05) is 18.1 Å². The number of aryl methyl sites for hydroxylation is 1. The standard InChI is InChI=1S/C24H22N8O8S3/c1-30-24(27-28-29-30)43-11-12-10-42-22-18(21(35)31(22)19(12)23(36)37)26-20(34)17(15-7-4-8-41-15)25-16(33)9-40-14-6-3-2-5-13(14)32(38)39/h2-8,17-18,22H,9-11H2,1H3,(H,25,33)(H,26,34)(H,36,37)/t17?,18?,22-/m0/s1. The summed E-state index contributed by atoms with van der Waals surface area (Å²) >= 11 is 3.74. The molecule has 43 heavy (non-hydrogen) atoms. The highest BCUT2D eigenvalue weighted by Gasteiger charge is 2.54. The van der Waals surface area contributed by atoms with Gasteiger partial charge in [0.05, 0.1) is 4.92 Å². The van der Waals surface area contributed by atoms with Crippen LogP contribution in [0.4, 0.5) is 5.69 Å². The fraction of sp³-hybridized carbons (Fsp3) is 0.292. The third-order valence-electron chi connectivity index (χ3n) is 6.32. The highest BCUT2D eigenvalue weighted by Crippen LogP contribution is 2.41. The SMILES string of the molecule is Cn1nnnc1SCC1=C(C(=O)O)N2C(=O)C(NC(=O)C(NC(=O)COc3ccccc3[N+](=O)[O-])c3cccs3)[C@@H]2SC1. The molecule has 0 radical (unpaired) electrons. The fourth-order valence-electron chi connectivity index (χ4n) is 4.32. The van der Waals surface area contributed by atoms with E-state index in [0.29, 0.717) is 21.4 Å². The number of para-hydroxylation sites is 2. The number of fused-ring (bicyclic) bond motifs is 1. The molecule has 16 nitrogen and oxygen atoms in total. The van der Waals surface area contributed by atoms with E-state index in [0.717, 1.165) is 4.90 Å². The number of nitrogens with zero attached hydrogens (tertiary/aromatic N) is 6. The molecule has 3 atom stereocenters. The van der Waals surface area contributed by atoms with Gasteiger partial charge in [0.1, 0.15) is 23.2 Å². The molecule has 0 aliphatic carbocycles. The van der Waals surface area contributed by atoms with E-state index in [-0.39, 0.29) is 22.9 Å². The van der Waals surface area contributed by atoms with Crippen LogP contribution in [0.5, 0.6) is 5.75 Å². The molecule has 4 heterocycles. The summed E-state index contributed by atoms with van der Waals surface area (Å²) in [6.45, 7) is -0.605. The summed E-state index contributed by atoms with van der Waals surface area (Å²) < 4.78 is 6.78. The zero-order valence-corrected chi connectivity index (χ0v) is 24.6. The molecule has 3 aromatic rings. The topological polar surface area (TPSA) is 212 Å². The van der Waals surface area contributed by atoms with E-state index in [1.165, 1.54) is 63.8 Å². The van der Waals surface area contributed by atoms with E-state index >= 15 is 0 Å². The number of carbonyl (C=O) groups excluding carboxylic acids is 3. The zero-order chi connectivity index (χ0) is 30.7. The normalized spacial score (nSPS) is 18.3. The number of ether oxygens (including phenoxy) is 1. The quantitative estimate of drug-likeness (QED) is 0.108. The van der Waals surface area contributed by atoms with E-state index < -0.39 is 52.7 Å². The first-order valence-corrected chi connectivity index (χ1v) is 15.3. The third kappa shape index (κ3) is 6.32. The number of benzene rings is 1. The van der Waals surface area contributed by atoms with Crippen molar-refractivity contribution in [2.24, 2.45) is 7.05 Å². The van der Waals surface area contributed by atoms with Crippen molar-refractivity contribution in [3.63, 3.8) is 0 Å². The number of hydrogen-bond acceptors (Lipinski definition) is 13.